The molecule has 6 nitrogen and oxygen atoms in total. The number of hydrogen-bond donors (Lipinski definition) is 4. The first-order valence-electron chi connectivity index (χ1n) is 9.90. The minimum atomic E-state index is 0.0621. The van der Waals surface area contributed by atoms with Crippen molar-refractivity contribution in [3.8, 4) is 0 Å². The molecule has 2 atom stereocenters. The van der Waals surface area contributed by atoms with Crippen molar-refractivity contribution in [1.29, 1.82) is 10.8 Å². The quantitative estimate of drug-likeness (QED) is 0.432. The molecule has 2 aromatic rings. The first-order valence-corrected chi connectivity index (χ1v) is 10.7. The van der Waals surface area contributed by atoms with Gasteiger partial charge in [-0.25, -0.2) is 0 Å². The Morgan fingerprint density at radius 3 is 2.82 bits per heavy atom. The number of amides is 1. The van der Waals surface area contributed by atoms with Crippen molar-refractivity contribution in [2.24, 2.45) is 0 Å². The maximum atomic E-state index is 13.2. The molecule has 1 aromatic carbocycles. The zero-order valence-corrected chi connectivity index (χ0v) is 17.4. The molecule has 3 rings (SSSR count). The minimum absolute atomic E-state index is 0.0621. The Labute approximate surface area is 170 Å². The third kappa shape index (κ3) is 5.02. The van der Waals surface area contributed by atoms with Gasteiger partial charge < -0.3 is 15.2 Å². The van der Waals surface area contributed by atoms with E-state index in [1.54, 1.807) is 6.92 Å². The van der Waals surface area contributed by atoms with Gasteiger partial charge in [0.05, 0.1) is 10.1 Å². The molecular weight excluding hydrogens is 370 g/mol. The smallest absolute Gasteiger partial charge is 0.270 e. The van der Waals surface area contributed by atoms with Gasteiger partial charge in [-0.1, -0.05) is 30.0 Å². The molecule has 1 heterocycles. The summed E-state index contributed by atoms with van der Waals surface area (Å²) < 4.78 is 0. The monoisotopic (exact) mass is 399 g/mol. The summed E-state index contributed by atoms with van der Waals surface area (Å²) in [6.07, 6.45) is 4.06. The van der Waals surface area contributed by atoms with Gasteiger partial charge in [0, 0.05) is 36.1 Å². The van der Waals surface area contributed by atoms with E-state index in [2.05, 4.69) is 10.3 Å². The van der Waals surface area contributed by atoms with Gasteiger partial charge >= 0.3 is 0 Å². The van der Waals surface area contributed by atoms with Crippen molar-refractivity contribution < 1.29 is 4.79 Å². The third-order valence-electron chi connectivity index (χ3n) is 5.28. The third-order valence-corrected chi connectivity index (χ3v) is 5.97. The molecule has 1 fully saturated rings. The number of thioether (sulfide) groups is 1. The molecule has 150 valence electrons. The van der Waals surface area contributed by atoms with Gasteiger partial charge in [-0.2, -0.15) is 0 Å². The highest BCUT2D eigenvalue weighted by atomic mass is 32.2. The minimum Gasteiger partial charge on any atom is -0.351 e. The number of aromatic nitrogens is 1. The zero-order chi connectivity index (χ0) is 20.1. The number of para-hydroxylation sites is 1. The lowest BCUT2D eigenvalue weighted by Gasteiger charge is -2.37. The Hall–Kier alpha value is -2.12. The number of aromatic amines is 1. The second kappa shape index (κ2) is 9.39. The topological polar surface area (TPSA) is 95.8 Å². The van der Waals surface area contributed by atoms with Crippen molar-refractivity contribution in [2.45, 2.75) is 51.6 Å². The van der Waals surface area contributed by atoms with Crippen molar-refractivity contribution in [3.63, 3.8) is 0 Å². The van der Waals surface area contributed by atoms with Crippen LogP contribution in [0.5, 0.6) is 0 Å². The molecule has 1 saturated carbocycles. The van der Waals surface area contributed by atoms with Gasteiger partial charge in [0.1, 0.15) is 5.69 Å². The summed E-state index contributed by atoms with van der Waals surface area (Å²) in [5.41, 5.74) is 1.64. The Kier molecular flexibility index (Phi) is 6.91. The van der Waals surface area contributed by atoms with E-state index in [1.807, 2.05) is 42.2 Å². The summed E-state index contributed by atoms with van der Waals surface area (Å²) in [6.45, 7) is 4.91. The molecule has 0 spiro atoms. The highest BCUT2D eigenvalue weighted by Crippen LogP contribution is 2.25. The van der Waals surface area contributed by atoms with Crippen molar-refractivity contribution in [1.82, 2.24) is 15.2 Å². The lowest BCUT2D eigenvalue weighted by molar-refractivity contribution is 0.0625. The number of rotatable bonds is 6. The van der Waals surface area contributed by atoms with E-state index in [1.165, 1.54) is 11.8 Å². The molecule has 1 aliphatic carbocycles. The van der Waals surface area contributed by atoms with Crippen molar-refractivity contribution in [2.75, 3.05) is 13.1 Å². The molecule has 0 bridgehead atoms. The van der Waals surface area contributed by atoms with Crippen LogP contribution in [0.25, 0.3) is 10.9 Å². The van der Waals surface area contributed by atoms with Gasteiger partial charge in [-0.15, -0.1) is 0 Å². The fourth-order valence-electron chi connectivity index (χ4n) is 4.00. The fraction of sp³-hybridized carbons (Fsp3) is 0.476. The summed E-state index contributed by atoms with van der Waals surface area (Å²) in [4.78, 5) is 18.4. The molecule has 1 aliphatic rings. The van der Waals surface area contributed by atoms with E-state index in [0.717, 1.165) is 36.6 Å². The fourth-order valence-corrected chi connectivity index (χ4v) is 4.53. The maximum absolute atomic E-state index is 13.2. The SMILES string of the molecule is CCN(C(=O)c1cc2ccccc2[nH]1)[C@H]1CCC[C@@H](NCC(=N)SC(C)=N)C1. The summed E-state index contributed by atoms with van der Waals surface area (Å²) in [6, 6.07) is 10.4. The molecule has 0 aliphatic heterocycles. The number of H-pyrrole nitrogens is 1. The van der Waals surface area contributed by atoms with Crippen LogP contribution in [0.3, 0.4) is 0 Å². The van der Waals surface area contributed by atoms with Crippen LogP contribution in [-0.4, -0.2) is 51.1 Å². The molecule has 28 heavy (non-hydrogen) atoms. The van der Waals surface area contributed by atoms with E-state index in [-0.39, 0.29) is 11.9 Å². The van der Waals surface area contributed by atoms with Crippen molar-refractivity contribution >= 4 is 38.7 Å². The van der Waals surface area contributed by atoms with E-state index in [0.29, 0.717) is 34.9 Å². The van der Waals surface area contributed by atoms with Crippen molar-refractivity contribution in [3.05, 3.63) is 36.0 Å². The number of carbonyl (C=O) groups excluding carboxylic acids is 1. The number of carbonyl (C=O) groups is 1. The summed E-state index contributed by atoms with van der Waals surface area (Å²) in [7, 11) is 0. The van der Waals surface area contributed by atoms with E-state index in [9.17, 15) is 4.79 Å². The van der Waals surface area contributed by atoms with Crippen LogP contribution in [0, 0.1) is 10.8 Å². The van der Waals surface area contributed by atoms with E-state index < -0.39 is 0 Å². The Morgan fingerprint density at radius 2 is 2.11 bits per heavy atom. The number of nitrogens with zero attached hydrogens (tertiary/aromatic N) is 1. The van der Waals surface area contributed by atoms with Crippen LogP contribution >= 0.6 is 11.8 Å². The van der Waals surface area contributed by atoms with Gasteiger partial charge in [-0.05, 0) is 51.7 Å². The molecule has 1 amide bonds. The van der Waals surface area contributed by atoms with Crippen LogP contribution in [0.2, 0.25) is 0 Å². The standard InChI is InChI=1S/C21H29N5OS/c1-3-26(21(27)19-11-15-7-4-5-10-18(15)25-19)17-9-6-8-16(12-17)24-13-20(23)28-14(2)22/h4-5,7,10-11,16-17,22-25H,3,6,8-9,12-13H2,1-2H3/t16-,17+/m1/s1. The predicted molar refractivity (Wildman–Crippen MR) is 118 cm³/mol. The maximum Gasteiger partial charge on any atom is 0.270 e. The second-order valence-electron chi connectivity index (χ2n) is 7.34. The summed E-state index contributed by atoms with van der Waals surface area (Å²) in [5, 5.41) is 20.8. The average molecular weight is 400 g/mol. The van der Waals surface area contributed by atoms with Gasteiger partial charge in [-0.3, -0.25) is 15.6 Å². The van der Waals surface area contributed by atoms with Crippen LogP contribution in [0.1, 0.15) is 50.0 Å². The molecule has 4 N–H and O–H groups in total. The molecule has 1 aromatic heterocycles. The first-order chi connectivity index (χ1) is 13.5. The zero-order valence-electron chi connectivity index (χ0n) is 16.5. The summed E-state index contributed by atoms with van der Waals surface area (Å²) in [5.74, 6) is 0.0621. The highest BCUT2D eigenvalue weighted by Gasteiger charge is 2.30. The van der Waals surface area contributed by atoms with Crippen LogP contribution in [-0.2, 0) is 0 Å². The van der Waals surface area contributed by atoms with Crippen LogP contribution in [0.4, 0.5) is 0 Å². The second-order valence-corrected chi connectivity index (χ2v) is 8.65. The number of fused-ring (bicyclic) bond motifs is 1. The number of nitrogens with one attached hydrogen (secondary N) is 4. The molecule has 7 heteroatoms. The van der Waals surface area contributed by atoms with Crippen LogP contribution < -0.4 is 5.32 Å². The Bertz CT molecular complexity index is 828. The predicted octanol–water partition coefficient (Wildman–Crippen LogP) is 4.24. The Morgan fingerprint density at radius 1 is 1.32 bits per heavy atom. The first kappa shape index (κ1) is 20.6. The average Bonchev–Trinajstić information content (AvgIpc) is 3.11. The number of hydrogen-bond acceptors (Lipinski definition) is 5. The molecule has 0 radical (unpaired) electrons. The molecular formula is C21H29N5OS. The molecule has 0 unspecified atom stereocenters. The molecule has 0 saturated heterocycles. The lowest BCUT2D eigenvalue weighted by atomic mass is 9.89. The lowest BCUT2D eigenvalue weighted by Crippen LogP contribution is -2.47. The normalized spacial score (nSPS) is 19.5. The van der Waals surface area contributed by atoms with Gasteiger partial charge in [0.15, 0.2) is 0 Å². The van der Waals surface area contributed by atoms with Gasteiger partial charge in [0.25, 0.3) is 5.91 Å². The van der Waals surface area contributed by atoms with Crippen LogP contribution in [0.15, 0.2) is 30.3 Å². The number of benzene rings is 1. The highest BCUT2D eigenvalue weighted by molar-refractivity contribution is 8.26. The summed E-state index contributed by atoms with van der Waals surface area (Å²) >= 11 is 1.19. The van der Waals surface area contributed by atoms with E-state index >= 15 is 0 Å². The van der Waals surface area contributed by atoms with E-state index in [4.69, 9.17) is 10.8 Å². The Balaban J connectivity index is 1.63. The van der Waals surface area contributed by atoms with Gasteiger partial charge in [0.2, 0.25) is 0 Å². The largest absolute Gasteiger partial charge is 0.351 e.